The first kappa shape index (κ1) is 24.0. The van der Waals surface area contributed by atoms with Crippen LogP contribution in [0.1, 0.15) is 23.1 Å². The molecule has 0 unspecified atom stereocenters. The van der Waals surface area contributed by atoms with Crippen molar-refractivity contribution < 1.29 is 23.6 Å². The first-order chi connectivity index (χ1) is 16.9. The van der Waals surface area contributed by atoms with Crippen LogP contribution in [-0.4, -0.2) is 35.9 Å². The average molecular weight is 492 g/mol. The average Bonchev–Trinajstić information content (AvgIpc) is 3.26. The molecule has 35 heavy (non-hydrogen) atoms. The summed E-state index contributed by atoms with van der Waals surface area (Å²) < 4.78 is 15.7. The maximum Gasteiger partial charge on any atom is 0.419 e. The van der Waals surface area contributed by atoms with Crippen molar-refractivity contribution in [1.29, 1.82) is 0 Å². The van der Waals surface area contributed by atoms with E-state index in [0.29, 0.717) is 33.4 Å². The Morgan fingerprint density at radius 2 is 1.80 bits per heavy atom. The number of pyridine rings is 1. The van der Waals surface area contributed by atoms with Gasteiger partial charge in [0.15, 0.2) is 5.76 Å². The quantitative estimate of drug-likeness (QED) is 0.286. The summed E-state index contributed by atoms with van der Waals surface area (Å²) in [5.74, 6) is -0.137. The monoisotopic (exact) mass is 491 g/mol. The van der Waals surface area contributed by atoms with E-state index in [1.807, 2.05) is 24.3 Å². The van der Waals surface area contributed by atoms with E-state index in [1.54, 1.807) is 56.4 Å². The molecule has 0 aliphatic carbocycles. The lowest BCUT2D eigenvalue weighted by molar-refractivity contribution is 0.0594. The van der Waals surface area contributed by atoms with E-state index in [4.69, 9.17) is 25.6 Å². The summed E-state index contributed by atoms with van der Waals surface area (Å²) in [6.45, 7) is 3.65. The molecule has 2 aromatic carbocycles. The second-order valence-electron chi connectivity index (χ2n) is 7.44. The lowest BCUT2D eigenvalue weighted by Crippen LogP contribution is -2.27. The van der Waals surface area contributed by atoms with Crippen molar-refractivity contribution in [2.45, 2.75) is 13.8 Å². The Hall–Kier alpha value is -4.17. The summed E-state index contributed by atoms with van der Waals surface area (Å²) in [7, 11) is 1.31. The van der Waals surface area contributed by atoms with Crippen molar-refractivity contribution in [2.24, 2.45) is 0 Å². The van der Waals surface area contributed by atoms with Gasteiger partial charge >= 0.3 is 12.1 Å². The maximum atomic E-state index is 13.1. The second-order valence-corrected chi connectivity index (χ2v) is 7.84. The molecule has 2 aromatic heterocycles. The zero-order valence-corrected chi connectivity index (χ0v) is 20.1. The van der Waals surface area contributed by atoms with Crippen LogP contribution in [0.3, 0.4) is 0 Å². The highest BCUT2D eigenvalue weighted by Crippen LogP contribution is 2.41. The lowest BCUT2D eigenvalue weighted by Gasteiger charge is -2.23. The van der Waals surface area contributed by atoms with Crippen LogP contribution >= 0.6 is 11.6 Å². The van der Waals surface area contributed by atoms with Gasteiger partial charge in [0.05, 0.1) is 24.4 Å². The van der Waals surface area contributed by atoms with E-state index >= 15 is 0 Å². The topological polar surface area (TPSA) is 94.8 Å². The van der Waals surface area contributed by atoms with Gasteiger partial charge < -0.3 is 14.0 Å². The van der Waals surface area contributed by atoms with Crippen molar-refractivity contribution in [3.8, 4) is 22.5 Å². The number of ether oxygens (including phenoxy) is 2. The number of hydrogen-bond acceptors (Lipinski definition) is 7. The third-order valence-electron chi connectivity index (χ3n) is 5.22. The van der Waals surface area contributed by atoms with Gasteiger partial charge in [0.2, 0.25) is 0 Å². The van der Waals surface area contributed by atoms with Gasteiger partial charge in [0.1, 0.15) is 17.1 Å². The molecule has 0 fully saturated rings. The van der Waals surface area contributed by atoms with Crippen molar-refractivity contribution in [3.05, 3.63) is 83.3 Å². The van der Waals surface area contributed by atoms with E-state index in [0.717, 1.165) is 11.1 Å². The number of rotatable bonds is 6. The number of methoxy groups -OCH3 is 1. The molecule has 0 aliphatic rings. The molecule has 9 heteroatoms. The number of aromatic nitrogens is 2. The Bertz CT molecular complexity index is 1370. The fourth-order valence-corrected chi connectivity index (χ4v) is 3.80. The molecule has 0 spiro atoms. The summed E-state index contributed by atoms with van der Waals surface area (Å²) >= 11 is 6.44. The Kier molecular flexibility index (Phi) is 7.12. The number of amides is 1. The number of carbonyl (C=O) groups excluding carboxylic acids is 2. The van der Waals surface area contributed by atoms with Crippen LogP contribution in [-0.2, 0) is 9.47 Å². The molecule has 4 rings (SSSR count). The van der Waals surface area contributed by atoms with Crippen LogP contribution in [0.4, 0.5) is 16.2 Å². The van der Waals surface area contributed by atoms with Crippen LogP contribution in [0, 0.1) is 6.92 Å². The third kappa shape index (κ3) is 4.88. The van der Waals surface area contributed by atoms with Crippen molar-refractivity contribution in [2.75, 3.05) is 18.6 Å². The largest absolute Gasteiger partial charge is 0.464 e. The zero-order chi connectivity index (χ0) is 24.9. The van der Waals surface area contributed by atoms with E-state index in [9.17, 15) is 9.59 Å². The molecule has 0 saturated heterocycles. The van der Waals surface area contributed by atoms with Gasteiger partial charge in [-0.2, -0.15) is 0 Å². The van der Waals surface area contributed by atoms with Gasteiger partial charge in [0.25, 0.3) is 0 Å². The van der Waals surface area contributed by atoms with Crippen molar-refractivity contribution in [3.63, 3.8) is 0 Å². The number of esters is 1. The maximum absolute atomic E-state index is 13.1. The highest BCUT2D eigenvalue weighted by atomic mass is 35.5. The molecule has 178 valence electrons. The van der Waals surface area contributed by atoms with Crippen LogP contribution in [0.25, 0.3) is 22.5 Å². The Morgan fingerprint density at radius 1 is 1.03 bits per heavy atom. The summed E-state index contributed by atoms with van der Waals surface area (Å²) in [5.41, 5.74) is 3.86. The van der Waals surface area contributed by atoms with Gasteiger partial charge in [-0.3, -0.25) is 0 Å². The standard InChI is InChI=1S/C26H22ClN3O5/c1-4-34-26(32)30(22-11-6-5-10-20(22)27)23-16(2)29-35-24(23)18-9-7-8-17(14-18)19-12-13-21(28-15-19)25(31)33-3/h5-15H,4H2,1-3H3. The first-order valence-electron chi connectivity index (χ1n) is 10.8. The van der Waals surface area contributed by atoms with E-state index in [-0.39, 0.29) is 12.3 Å². The van der Waals surface area contributed by atoms with Gasteiger partial charge in [-0.15, -0.1) is 0 Å². The molecule has 2 heterocycles. The molecule has 0 radical (unpaired) electrons. The number of carbonyl (C=O) groups is 2. The van der Waals surface area contributed by atoms with E-state index in [1.165, 1.54) is 12.0 Å². The van der Waals surface area contributed by atoms with E-state index in [2.05, 4.69) is 10.1 Å². The number of halogens is 1. The molecule has 0 bridgehead atoms. The Morgan fingerprint density at radius 3 is 2.49 bits per heavy atom. The fraction of sp³-hybridized carbons (Fsp3) is 0.154. The molecular formula is C26H22ClN3O5. The summed E-state index contributed by atoms with van der Waals surface area (Å²) in [4.78, 5) is 30.3. The molecular weight excluding hydrogens is 470 g/mol. The third-order valence-corrected chi connectivity index (χ3v) is 5.53. The highest BCUT2D eigenvalue weighted by Gasteiger charge is 2.30. The van der Waals surface area contributed by atoms with Gasteiger partial charge in [-0.1, -0.05) is 53.2 Å². The van der Waals surface area contributed by atoms with E-state index < -0.39 is 12.1 Å². The number of nitrogens with zero attached hydrogens (tertiary/aromatic N) is 3. The molecule has 1 amide bonds. The van der Waals surface area contributed by atoms with Gasteiger partial charge in [-0.25, -0.2) is 19.5 Å². The Labute approximate surface area is 207 Å². The number of para-hydroxylation sites is 1. The minimum atomic E-state index is -0.605. The smallest absolute Gasteiger partial charge is 0.419 e. The molecule has 0 aliphatic heterocycles. The zero-order valence-electron chi connectivity index (χ0n) is 19.3. The van der Waals surface area contributed by atoms with Crippen LogP contribution in [0.2, 0.25) is 5.02 Å². The SMILES string of the molecule is CCOC(=O)N(c1ccccc1Cl)c1c(C)noc1-c1cccc(-c2ccc(C(=O)OC)nc2)c1. The predicted octanol–water partition coefficient (Wildman–Crippen LogP) is 6.45. The fourth-order valence-electron chi connectivity index (χ4n) is 3.58. The number of benzene rings is 2. The molecule has 8 nitrogen and oxygen atoms in total. The highest BCUT2D eigenvalue weighted by molar-refractivity contribution is 6.34. The van der Waals surface area contributed by atoms with Crippen LogP contribution in [0.15, 0.2) is 71.4 Å². The lowest BCUT2D eigenvalue weighted by atomic mass is 10.0. The van der Waals surface area contributed by atoms with Crippen molar-refractivity contribution in [1.82, 2.24) is 10.1 Å². The summed E-state index contributed by atoms with van der Waals surface area (Å²) in [5, 5.41) is 4.50. The molecule has 4 aromatic rings. The minimum absolute atomic E-state index is 0.184. The minimum Gasteiger partial charge on any atom is -0.464 e. The summed E-state index contributed by atoms with van der Waals surface area (Å²) in [6.07, 6.45) is 0.985. The van der Waals surface area contributed by atoms with Gasteiger partial charge in [0, 0.05) is 17.3 Å². The molecule has 0 N–H and O–H groups in total. The Balaban J connectivity index is 1.80. The predicted molar refractivity (Wildman–Crippen MR) is 132 cm³/mol. The normalized spacial score (nSPS) is 10.6. The number of aryl methyl sites for hydroxylation is 1. The molecule has 0 saturated carbocycles. The molecule has 0 atom stereocenters. The number of hydrogen-bond donors (Lipinski definition) is 0. The van der Waals surface area contributed by atoms with Gasteiger partial charge in [-0.05, 0) is 43.7 Å². The second kappa shape index (κ2) is 10.4. The van der Waals surface area contributed by atoms with Crippen LogP contribution < -0.4 is 4.90 Å². The van der Waals surface area contributed by atoms with Crippen molar-refractivity contribution >= 4 is 35.0 Å². The summed E-state index contributed by atoms with van der Waals surface area (Å²) in [6, 6.07) is 17.8. The van der Waals surface area contributed by atoms with Crippen LogP contribution in [0.5, 0.6) is 0 Å². The first-order valence-corrected chi connectivity index (χ1v) is 11.1. The number of anilines is 2.